The van der Waals surface area contributed by atoms with Crippen molar-refractivity contribution in [3.05, 3.63) is 59.9 Å². The minimum atomic E-state index is -0.392. The van der Waals surface area contributed by atoms with Gasteiger partial charge < -0.3 is 15.4 Å². The summed E-state index contributed by atoms with van der Waals surface area (Å²) in [4.78, 5) is 24.8. The summed E-state index contributed by atoms with van der Waals surface area (Å²) < 4.78 is 4.96. The van der Waals surface area contributed by atoms with Crippen molar-refractivity contribution in [2.24, 2.45) is 5.73 Å². The summed E-state index contributed by atoms with van der Waals surface area (Å²) in [6, 6.07) is 10.2. The number of ether oxygens (including phenoxy) is 1. The van der Waals surface area contributed by atoms with Gasteiger partial charge in [0.25, 0.3) is 0 Å². The SMILES string of the molecule is CCOC(=O)c1cnc(N2CCN(CC(N)C=Cc3ccccc3)CC2)nc1. The Labute approximate surface area is 165 Å². The molecule has 28 heavy (non-hydrogen) atoms. The second-order valence-electron chi connectivity index (χ2n) is 6.71. The summed E-state index contributed by atoms with van der Waals surface area (Å²) in [7, 11) is 0. The van der Waals surface area contributed by atoms with E-state index in [1.54, 1.807) is 6.92 Å². The molecule has 0 spiro atoms. The predicted octanol–water partition coefficient (Wildman–Crippen LogP) is 1.82. The number of piperazine rings is 1. The molecule has 0 amide bonds. The van der Waals surface area contributed by atoms with Gasteiger partial charge in [-0.2, -0.15) is 0 Å². The number of aromatic nitrogens is 2. The maximum absolute atomic E-state index is 11.7. The fraction of sp³-hybridized carbons (Fsp3) is 0.381. The van der Waals surface area contributed by atoms with Gasteiger partial charge in [0, 0.05) is 51.2 Å². The standard InChI is InChI=1S/C21H27N5O2/c1-2-28-20(27)18-14-23-21(24-15-18)26-12-10-25(11-13-26)16-19(22)9-8-17-6-4-3-5-7-17/h3-9,14-15,19H,2,10-13,16,22H2,1H3. The second kappa shape index (κ2) is 9.96. The molecule has 2 N–H and O–H groups in total. The molecule has 1 aliphatic heterocycles. The zero-order chi connectivity index (χ0) is 19.8. The van der Waals surface area contributed by atoms with Crippen molar-refractivity contribution in [2.75, 3.05) is 44.2 Å². The molecule has 148 valence electrons. The summed E-state index contributed by atoms with van der Waals surface area (Å²) in [5, 5.41) is 0. The summed E-state index contributed by atoms with van der Waals surface area (Å²) in [6.07, 6.45) is 7.17. The van der Waals surface area contributed by atoms with E-state index in [1.807, 2.05) is 18.2 Å². The molecule has 3 rings (SSSR count). The first-order chi connectivity index (χ1) is 13.7. The lowest BCUT2D eigenvalue weighted by Crippen LogP contribution is -2.50. The first-order valence-corrected chi connectivity index (χ1v) is 9.61. The van der Waals surface area contributed by atoms with Crippen molar-refractivity contribution in [1.82, 2.24) is 14.9 Å². The number of nitrogens with two attached hydrogens (primary N) is 1. The van der Waals surface area contributed by atoms with Crippen LogP contribution in [0.2, 0.25) is 0 Å². The molecule has 2 heterocycles. The molecule has 1 aromatic carbocycles. The van der Waals surface area contributed by atoms with E-state index in [9.17, 15) is 4.79 Å². The number of esters is 1. The highest BCUT2D eigenvalue weighted by Crippen LogP contribution is 2.12. The number of hydrogen-bond donors (Lipinski definition) is 1. The monoisotopic (exact) mass is 381 g/mol. The van der Waals surface area contributed by atoms with E-state index in [4.69, 9.17) is 10.5 Å². The topological polar surface area (TPSA) is 84.6 Å². The van der Waals surface area contributed by atoms with Crippen LogP contribution in [0.3, 0.4) is 0 Å². The maximum Gasteiger partial charge on any atom is 0.341 e. The number of rotatable bonds is 7. The second-order valence-corrected chi connectivity index (χ2v) is 6.71. The molecule has 7 nitrogen and oxygen atoms in total. The quantitative estimate of drug-likeness (QED) is 0.732. The van der Waals surface area contributed by atoms with Gasteiger partial charge in [-0.1, -0.05) is 42.5 Å². The molecule has 1 fully saturated rings. The number of anilines is 1. The van der Waals surface area contributed by atoms with Crippen molar-refractivity contribution in [3.8, 4) is 0 Å². The highest BCUT2D eigenvalue weighted by molar-refractivity contribution is 5.88. The van der Waals surface area contributed by atoms with Crippen molar-refractivity contribution in [1.29, 1.82) is 0 Å². The largest absolute Gasteiger partial charge is 0.462 e. The Balaban J connectivity index is 1.46. The van der Waals surface area contributed by atoms with Crippen LogP contribution in [0.1, 0.15) is 22.8 Å². The van der Waals surface area contributed by atoms with Crippen LogP contribution in [-0.2, 0) is 4.74 Å². The van der Waals surface area contributed by atoms with E-state index < -0.39 is 5.97 Å². The molecule has 0 saturated carbocycles. The smallest absolute Gasteiger partial charge is 0.341 e. The minimum Gasteiger partial charge on any atom is -0.462 e. The molecule has 2 aromatic rings. The van der Waals surface area contributed by atoms with Crippen LogP contribution in [0.5, 0.6) is 0 Å². The van der Waals surface area contributed by atoms with E-state index in [0.29, 0.717) is 18.1 Å². The normalized spacial score (nSPS) is 16.3. The Hall–Kier alpha value is -2.77. The molecular formula is C21H27N5O2. The van der Waals surface area contributed by atoms with Gasteiger partial charge in [0.15, 0.2) is 0 Å². The van der Waals surface area contributed by atoms with Crippen molar-refractivity contribution < 1.29 is 9.53 Å². The van der Waals surface area contributed by atoms with Gasteiger partial charge >= 0.3 is 5.97 Å². The molecule has 1 aliphatic rings. The Morgan fingerprint density at radius 2 is 1.86 bits per heavy atom. The summed E-state index contributed by atoms with van der Waals surface area (Å²) in [6.45, 7) is 6.38. The van der Waals surface area contributed by atoms with Crippen molar-refractivity contribution >= 4 is 18.0 Å². The zero-order valence-corrected chi connectivity index (χ0v) is 16.2. The Morgan fingerprint density at radius 1 is 1.18 bits per heavy atom. The van der Waals surface area contributed by atoms with Crippen LogP contribution in [0.15, 0.2) is 48.8 Å². The van der Waals surface area contributed by atoms with Crippen LogP contribution < -0.4 is 10.6 Å². The molecule has 1 saturated heterocycles. The van der Waals surface area contributed by atoms with Gasteiger partial charge in [0.2, 0.25) is 5.95 Å². The third-order valence-electron chi connectivity index (χ3n) is 4.61. The maximum atomic E-state index is 11.7. The molecule has 1 aromatic heterocycles. The fourth-order valence-electron chi connectivity index (χ4n) is 3.09. The molecule has 0 aliphatic carbocycles. The third kappa shape index (κ3) is 5.61. The fourth-order valence-corrected chi connectivity index (χ4v) is 3.09. The van der Waals surface area contributed by atoms with Crippen LogP contribution in [0.4, 0.5) is 5.95 Å². The average Bonchev–Trinajstić information content (AvgIpc) is 2.74. The van der Waals surface area contributed by atoms with E-state index in [1.165, 1.54) is 12.4 Å². The summed E-state index contributed by atoms with van der Waals surface area (Å²) in [5.74, 6) is 0.248. The Morgan fingerprint density at radius 3 is 2.50 bits per heavy atom. The van der Waals surface area contributed by atoms with Crippen LogP contribution in [-0.4, -0.2) is 66.2 Å². The first-order valence-electron chi connectivity index (χ1n) is 9.61. The first kappa shape index (κ1) is 20.0. The summed E-state index contributed by atoms with van der Waals surface area (Å²) >= 11 is 0. The lowest BCUT2D eigenvalue weighted by molar-refractivity contribution is 0.0525. The van der Waals surface area contributed by atoms with Crippen LogP contribution >= 0.6 is 0 Å². The number of carbonyl (C=O) groups excluding carboxylic acids is 1. The molecule has 0 bridgehead atoms. The molecule has 1 atom stereocenters. The highest BCUT2D eigenvalue weighted by Gasteiger charge is 2.20. The van der Waals surface area contributed by atoms with Crippen LogP contribution in [0, 0.1) is 0 Å². The van der Waals surface area contributed by atoms with Crippen molar-refractivity contribution in [3.63, 3.8) is 0 Å². The number of nitrogens with zero attached hydrogens (tertiary/aromatic N) is 4. The lowest BCUT2D eigenvalue weighted by atomic mass is 10.1. The Bertz CT molecular complexity index is 771. The van der Waals surface area contributed by atoms with Gasteiger partial charge in [-0.05, 0) is 12.5 Å². The predicted molar refractivity (Wildman–Crippen MR) is 110 cm³/mol. The van der Waals surface area contributed by atoms with E-state index in [-0.39, 0.29) is 6.04 Å². The van der Waals surface area contributed by atoms with E-state index in [2.05, 4.69) is 44.1 Å². The lowest BCUT2D eigenvalue weighted by Gasteiger charge is -2.35. The third-order valence-corrected chi connectivity index (χ3v) is 4.61. The molecule has 7 heteroatoms. The van der Waals surface area contributed by atoms with E-state index >= 15 is 0 Å². The van der Waals surface area contributed by atoms with Crippen LogP contribution in [0.25, 0.3) is 6.08 Å². The number of hydrogen-bond acceptors (Lipinski definition) is 7. The van der Waals surface area contributed by atoms with Gasteiger partial charge in [-0.15, -0.1) is 0 Å². The van der Waals surface area contributed by atoms with Gasteiger partial charge in [0.1, 0.15) is 0 Å². The number of carbonyl (C=O) groups is 1. The molecule has 1 unspecified atom stereocenters. The molecule has 0 radical (unpaired) electrons. The van der Waals surface area contributed by atoms with E-state index in [0.717, 1.165) is 38.3 Å². The average molecular weight is 381 g/mol. The zero-order valence-electron chi connectivity index (χ0n) is 16.2. The summed E-state index contributed by atoms with van der Waals surface area (Å²) in [5.41, 5.74) is 7.79. The molecular weight excluding hydrogens is 354 g/mol. The Kier molecular flexibility index (Phi) is 7.11. The highest BCUT2D eigenvalue weighted by atomic mass is 16.5. The van der Waals surface area contributed by atoms with Gasteiger partial charge in [-0.3, -0.25) is 4.90 Å². The van der Waals surface area contributed by atoms with Gasteiger partial charge in [0.05, 0.1) is 12.2 Å². The minimum absolute atomic E-state index is 0.00753. The number of benzene rings is 1. The van der Waals surface area contributed by atoms with Crippen molar-refractivity contribution in [2.45, 2.75) is 13.0 Å². The van der Waals surface area contributed by atoms with Gasteiger partial charge in [-0.25, -0.2) is 14.8 Å².